The fourth-order valence-corrected chi connectivity index (χ4v) is 5.04. The zero-order chi connectivity index (χ0) is 22.8. The molecule has 31 heavy (non-hydrogen) atoms. The first-order valence-corrected chi connectivity index (χ1v) is 12.0. The molecule has 1 fully saturated rings. The van der Waals surface area contributed by atoms with Crippen molar-refractivity contribution < 1.29 is 9.53 Å². The lowest BCUT2D eigenvalue weighted by atomic mass is 10.2. The number of rotatable bonds is 2. The van der Waals surface area contributed by atoms with Crippen molar-refractivity contribution in [3.63, 3.8) is 0 Å². The molecule has 4 heterocycles. The normalized spacial score (nSPS) is 16.7. The van der Waals surface area contributed by atoms with E-state index in [9.17, 15) is 4.79 Å². The van der Waals surface area contributed by atoms with Crippen LogP contribution in [0.1, 0.15) is 45.6 Å². The maximum Gasteiger partial charge on any atom is 0.410 e. The Bertz CT molecular complexity index is 1050. The number of carbonyl (C=O) groups excluding carboxylic acids is 1. The van der Waals surface area contributed by atoms with E-state index in [1.807, 2.05) is 34.6 Å². The minimum atomic E-state index is -0.531. The van der Waals surface area contributed by atoms with Gasteiger partial charge in [0.05, 0.1) is 27.8 Å². The van der Waals surface area contributed by atoms with Gasteiger partial charge >= 0.3 is 6.09 Å². The number of hydrogen-bond acceptors (Lipinski definition) is 7. The van der Waals surface area contributed by atoms with Crippen LogP contribution in [0.3, 0.4) is 0 Å². The van der Waals surface area contributed by atoms with Gasteiger partial charge in [-0.3, -0.25) is 5.10 Å². The molecule has 168 valence electrons. The Labute approximate surface area is 194 Å². The van der Waals surface area contributed by atoms with Crippen molar-refractivity contribution in [1.29, 1.82) is 0 Å². The second kappa shape index (κ2) is 9.47. The Morgan fingerprint density at radius 2 is 2.10 bits per heavy atom. The molecule has 11 heteroatoms. The molecule has 1 aliphatic heterocycles. The van der Waals surface area contributed by atoms with E-state index in [1.165, 1.54) is 0 Å². The van der Waals surface area contributed by atoms with Gasteiger partial charge in [0.1, 0.15) is 11.4 Å². The minimum Gasteiger partial charge on any atom is -0.444 e. The summed E-state index contributed by atoms with van der Waals surface area (Å²) in [6.07, 6.45) is 4.92. The van der Waals surface area contributed by atoms with Gasteiger partial charge in [0.15, 0.2) is 5.65 Å². The van der Waals surface area contributed by atoms with Crippen LogP contribution in [0.25, 0.3) is 16.8 Å². The van der Waals surface area contributed by atoms with Gasteiger partial charge in [-0.1, -0.05) is 13.8 Å². The largest absolute Gasteiger partial charge is 0.444 e. The number of fused-ring (bicyclic) bond motifs is 1. The van der Waals surface area contributed by atoms with Gasteiger partial charge in [0, 0.05) is 36.2 Å². The maximum absolute atomic E-state index is 12.5. The summed E-state index contributed by atoms with van der Waals surface area (Å²) in [5.41, 5.74) is 8.97. The molecule has 1 amide bonds. The number of amides is 1. The van der Waals surface area contributed by atoms with Gasteiger partial charge in [0.2, 0.25) is 0 Å². The predicted octanol–water partition coefficient (Wildman–Crippen LogP) is 4.52. The van der Waals surface area contributed by atoms with E-state index >= 15 is 0 Å². The van der Waals surface area contributed by atoms with Gasteiger partial charge in [-0.15, -0.1) is 11.8 Å². The molecular weight excluding hydrogens is 482 g/mol. The fraction of sp³-hybridized carbons (Fsp3) is 0.500. The van der Waals surface area contributed by atoms with Gasteiger partial charge < -0.3 is 15.4 Å². The number of ether oxygens (including phenoxy) is 1. The van der Waals surface area contributed by atoms with E-state index in [1.54, 1.807) is 39.8 Å². The minimum absolute atomic E-state index is 0.0370. The van der Waals surface area contributed by atoms with E-state index < -0.39 is 5.60 Å². The highest BCUT2D eigenvalue weighted by Gasteiger charge is 2.31. The summed E-state index contributed by atoms with van der Waals surface area (Å²) >= 11 is 5.33. The van der Waals surface area contributed by atoms with Crippen LogP contribution >= 0.6 is 27.7 Å². The zero-order valence-electron chi connectivity index (χ0n) is 18.3. The number of aromatic nitrogens is 5. The monoisotopic (exact) mass is 509 g/mol. The quantitative estimate of drug-likeness (QED) is 0.521. The third kappa shape index (κ3) is 4.98. The SMILES string of the molecule is CC.CC(C)(C)OC(=O)N1CCSC(c2nc3c(-c4cn[nH]c4)cnn3c(N)c2Br)C1. The van der Waals surface area contributed by atoms with Crippen LogP contribution in [0, 0.1) is 0 Å². The molecule has 0 radical (unpaired) electrons. The van der Waals surface area contributed by atoms with Crippen molar-refractivity contribution >= 4 is 45.3 Å². The Morgan fingerprint density at radius 3 is 2.74 bits per heavy atom. The lowest BCUT2D eigenvalue weighted by Crippen LogP contribution is -2.42. The van der Waals surface area contributed by atoms with E-state index in [0.717, 1.165) is 22.6 Å². The first-order chi connectivity index (χ1) is 14.7. The highest BCUT2D eigenvalue weighted by atomic mass is 79.9. The smallest absolute Gasteiger partial charge is 0.410 e. The number of anilines is 1. The van der Waals surface area contributed by atoms with Crippen molar-refractivity contribution in [2.45, 2.75) is 45.5 Å². The molecule has 0 aromatic carbocycles. The molecule has 9 nitrogen and oxygen atoms in total. The molecule has 0 bridgehead atoms. The Kier molecular flexibility index (Phi) is 7.15. The van der Waals surface area contributed by atoms with Crippen molar-refractivity contribution in [2.75, 3.05) is 24.6 Å². The molecule has 1 aliphatic rings. The van der Waals surface area contributed by atoms with Gasteiger partial charge in [-0.05, 0) is 36.7 Å². The average molecular weight is 510 g/mol. The zero-order valence-corrected chi connectivity index (χ0v) is 20.7. The molecule has 1 saturated heterocycles. The van der Waals surface area contributed by atoms with E-state index in [2.05, 4.69) is 31.2 Å². The molecule has 0 spiro atoms. The van der Waals surface area contributed by atoms with Crippen LogP contribution in [0.15, 0.2) is 23.1 Å². The van der Waals surface area contributed by atoms with E-state index in [0.29, 0.717) is 29.0 Å². The van der Waals surface area contributed by atoms with Crippen LogP contribution in [-0.4, -0.2) is 60.2 Å². The topological polar surface area (TPSA) is 114 Å². The standard InChI is InChI=1S/C18H22BrN7O2S.C2H6/c1-18(2,3)28-17(27)25-4-5-29-12(9-25)14-13(19)15(20)26-16(24-14)11(8-23-26)10-6-21-22-7-10;1-2/h6-8,12H,4-5,9,20H2,1-3H3,(H,21,22);1-2H3. The number of H-pyrrole nitrogens is 1. The van der Waals surface area contributed by atoms with E-state index in [4.69, 9.17) is 15.5 Å². The fourth-order valence-electron chi connectivity index (χ4n) is 3.14. The summed E-state index contributed by atoms with van der Waals surface area (Å²) < 4.78 is 7.83. The van der Waals surface area contributed by atoms with Crippen LogP contribution in [0.2, 0.25) is 0 Å². The molecule has 3 N–H and O–H groups in total. The number of halogens is 1. The van der Waals surface area contributed by atoms with Crippen molar-refractivity contribution in [1.82, 2.24) is 29.7 Å². The van der Waals surface area contributed by atoms with Crippen LogP contribution in [-0.2, 0) is 4.74 Å². The van der Waals surface area contributed by atoms with Crippen LogP contribution in [0.5, 0.6) is 0 Å². The second-order valence-electron chi connectivity index (χ2n) is 7.76. The molecule has 3 aromatic heterocycles. The molecular formula is C20H28BrN7O2S. The summed E-state index contributed by atoms with van der Waals surface area (Å²) in [6, 6.07) is 0. The van der Waals surface area contributed by atoms with Crippen molar-refractivity contribution in [3.05, 3.63) is 28.8 Å². The lowest BCUT2D eigenvalue weighted by Gasteiger charge is -2.34. The number of nitrogens with zero attached hydrogens (tertiary/aromatic N) is 5. The molecule has 3 aromatic rings. The summed E-state index contributed by atoms with van der Waals surface area (Å²) in [6.45, 7) is 10.7. The van der Waals surface area contributed by atoms with Crippen molar-refractivity contribution in [2.24, 2.45) is 0 Å². The summed E-state index contributed by atoms with van der Waals surface area (Å²) in [4.78, 5) is 19.1. The number of nitrogen functional groups attached to an aromatic ring is 1. The van der Waals surface area contributed by atoms with Gasteiger partial charge in [0.25, 0.3) is 0 Å². The van der Waals surface area contributed by atoms with Crippen LogP contribution in [0.4, 0.5) is 10.6 Å². The third-order valence-electron chi connectivity index (χ3n) is 4.48. The molecule has 0 aliphatic carbocycles. The Hall–Kier alpha value is -2.27. The number of carbonyl (C=O) groups is 1. The number of aromatic amines is 1. The molecule has 1 unspecified atom stereocenters. The highest BCUT2D eigenvalue weighted by molar-refractivity contribution is 9.10. The number of hydrogen-bond donors (Lipinski definition) is 2. The maximum atomic E-state index is 12.5. The third-order valence-corrected chi connectivity index (χ3v) is 6.49. The molecule has 0 saturated carbocycles. The summed E-state index contributed by atoms with van der Waals surface area (Å²) in [7, 11) is 0. The Morgan fingerprint density at radius 1 is 1.35 bits per heavy atom. The van der Waals surface area contributed by atoms with Crippen molar-refractivity contribution in [3.8, 4) is 11.1 Å². The lowest BCUT2D eigenvalue weighted by molar-refractivity contribution is 0.0256. The molecule has 1 atom stereocenters. The number of nitrogens with two attached hydrogens (primary N) is 1. The first-order valence-electron chi connectivity index (χ1n) is 10.2. The molecule has 4 rings (SSSR count). The van der Waals surface area contributed by atoms with Crippen LogP contribution < -0.4 is 5.73 Å². The summed E-state index contributed by atoms with van der Waals surface area (Å²) in [5, 5.41) is 11.1. The second-order valence-corrected chi connectivity index (χ2v) is 9.87. The highest BCUT2D eigenvalue weighted by Crippen LogP contribution is 2.39. The number of thioether (sulfide) groups is 1. The average Bonchev–Trinajstić information content (AvgIpc) is 3.40. The van der Waals surface area contributed by atoms with E-state index in [-0.39, 0.29) is 11.3 Å². The number of nitrogens with one attached hydrogen (secondary N) is 1. The van der Waals surface area contributed by atoms with Gasteiger partial charge in [-0.25, -0.2) is 9.78 Å². The first kappa shape index (κ1) is 23.4. The Balaban J connectivity index is 0.00000132. The predicted molar refractivity (Wildman–Crippen MR) is 127 cm³/mol. The summed E-state index contributed by atoms with van der Waals surface area (Å²) in [5.74, 6) is 1.26. The van der Waals surface area contributed by atoms with Gasteiger partial charge in [-0.2, -0.15) is 14.7 Å².